The van der Waals surface area contributed by atoms with Crippen molar-refractivity contribution in [3.8, 4) is 11.5 Å². The number of carbonyl (C=O) groups is 1. The van der Waals surface area contributed by atoms with Gasteiger partial charge in [-0.25, -0.2) is 0 Å². The lowest BCUT2D eigenvalue weighted by atomic mass is 9.99. The zero-order valence-electron chi connectivity index (χ0n) is 11.0. The topological polar surface area (TPSA) is 74.2 Å². The van der Waals surface area contributed by atoms with Crippen LogP contribution < -0.4 is 9.47 Å². The summed E-state index contributed by atoms with van der Waals surface area (Å²) in [5, 5.41) is 10.0. The zero-order valence-corrected chi connectivity index (χ0v) is 11.0. The van der Waals surface area contributed by atoms with Crippen molar-refractivity contribution in [3.63, 3.8) is 0 Å². The molecule has 0 saturated carbocycles. The van der Waals surface area contributed by atoms with E-state index in [4.69, 9.17) is 18.9 Å². The predicted octanol–water partition coefficient (Wildman–Crippen LogP) is 1.16. The Morgan fingerprint density at radius 2 is 1.95 bits per heavy atom. The van der Waals surface area contributed by atoms with Crippen molar-refractivity contribution in [2.24, 2.45) is 0 Å². The van der Waals surface area contributed by atoms with Crippen LogP contribution in [0.1, 0.15) is 24.3 Å². The van der Waals surface area contributed by atoms with Gasteiger partial charge >= 0.3 is 5.97 Å². The molecule has 104 valence electrons. The third-order valence-corrected chi connectivity index (χ3v) is 2.91. The molecule has 6 heteroatoms. The fourth-order valence-corrected chi connectivity index (χ4v) is 2.15. The van der Waals surface area contributed by atoms with Gasteiger partial charge in [-0.05, 0) is 12.1 Å². The molecule has 2 atom stereocenters. The first-order valence-electron chi connectivity index (χ1n) is 5.81. The molecule has 6 nitrogen and oxygen atoms in total. The first-order valence-corrected chi connectivity index (χ1v) is 5.81. The number of aliphatic hydroxyl groups excluding tert-OH is 1. The molecule has 0 fully saturated rings. The number of hydrogen-bond donors (Lipinski definition) is 1. The highest BCUT2D eigenvalue weighted by molar-refractivity contribution is 5.66. The number of esters is 1. The van der Waals surface area contributed by atoms with E-state index in [9.17, 15) is 9.90 Å². The number of hydrogen-bond acceptors (Lipinski definition) is 6. The minimum absolute atomic E-state index is 0.298. The molecular formula is C13H16O6. The highest BCUT2D eigenvalue weighted by atomic mass is 16.7. The summed E-state index contributed by atoms with van der Waals surface area (Å²) in [6.07, 6.45) is -1.76. The minimum atomic E-state index is -1.22. The van der Waals surface area contributed by atoms with Gasteiger partial charge in [-0.2, -0.15) is 0 Å². The van der Waals surface area contributed by atoms with Crippen molar-refractivity contribution >= 4 is 5.97 Å². The number of methoxy groups -OCH3 is 2. The second-order valence-electron chi connectivity index (χ2n) is 4.09. The Balaban J connectivity index is 2.41. The van der Waals surface area contributed by atoms with Crippen LogP contribution in [0.4, 0.5) is 0 Å². The Kier molecular flexibility index (Phi) is 3.92. The van der Waals surface area contributed by atoms with Crippen LogP contribution in [-0.2, 0) is 20.7 Å². The van der Waals surface area contributed by atoms with Crippen LogP contribution in [0.3, 0.4) is 0 Å². The molecule has 1 aromatic carbocycles. The first-order chi connectivity index (χ1) is 9.06. The molecule has 2 rings (SSSR count). The van der Waals surface area contributed by atoms with Gasteiger partial charge < -0.3 is 24.1 Å². The average Bonchev–Trinajstić information content (AvgIpc) is 2.36. The third kappa shape index (κ3) is 2.64. The molecule has 1 aliphatic rings. The highest BCUT2D eigenvalue weighted by Crippen LogP contribution is 2.40. The van der Waals surface area contributed by atoms with Gasteiger partial charge in [0.1, 0.15) is 11.5 Å². The van der Waals surface area contributed by atoms with Crippen LogP contribution in [0, 0.1) is 0 Å². The maximum absolute atomic E-state index is 11.0. The van der Waals surface area contributed by atoms with E-state index in [0.717, 1.165) is 0 Å². The lowest BCUT2D eigenvalue weighted by Crippen LogP contribution is -2.30. The standard InChI is InChI=1S/C13H16O6/c1-7(14)18-11-6-8-9(16-2)4-5-10(17-3)12(8)13(15)19-11/h4-5,11,13,15H,6H2,1-3H3. The second-order valence-corrected chi connectivity index (χ2v) is 4.09. The van der Waals surface area contributed by atoms with Crippen LogP contribution >= 0.6 is 0 Å². The average molecular weight is 268 g/mol. The molecule has 0 radical (unpaired) electrons. The molecule has 1 N–H and O–H groups in total. The Morgan fingerprint density at radius 1 is 1.32 bits per heavy atom. The Bertz CT molecular complexity index is 484. The Hall–Kier alpha value is -1.79. The number of benzene rings is 1. The summed E-state index contributed by atoms with van der Waals surface area (Å²) in [5.74, 6) is 0.627. The molecule has 0 amide bonds. The molecule has 0 bridgehead atoms. The maximum Gasteiger partial charge on any atom is 0.304 e. The van der Waals surface area contributed by atoms with Gasteiger partial charge in [0.05, 0.1) is 19.8 Å². The molecule has 0 saturated heterocycles. The van der Waals surface area contributed by atoms with Crippen molar-refractivity contribution in [1.82, 2.24) is 0 Å². The molecule has 0 aromatic heterocycles. The van der Waals surface area contributed by atoms with E-state index >= 15 is 0 Å². The van der Waals surface area contributed by atoms with E-state index in [2.05, 4.69) is 0 Å². The molecule has 1 aromatic rings. The predicted molar refractivity (Wildman–Crippen MR) is 64.8 cm³/mol. The van der Waals surface area contributed by atoms with E-state index in [1.807, 2.05) is 0 Å². The summed E-state index contributed by atoms with van der Waals surface area (Å²) in [6.45, 7) is 1.29. The quantitative estimate of drug-likeness (QED) is 0.829. The SMILES string of the molecule is COc1ccc(OC)c2c1CC(OC(C)=O)OC2O. The highest BCUT2D eigenvalue weighted by Gasteiger charge is 2.33. The van der Waals surface area contributed by atoms with Gasteiger partial charge in [-0.3, -0.25) is 4.79 Å². The number of aliphatic hydroxyl groups is 1. The Labute approximate surface area is 110 Å². The molecule has 0 aliphatic carbocycles. The van der Waals surface area contributed by atoms with Crippen LogP contribution in [0.15, 0.2) is 12.1 Å². The zero-order chi connectivity index (χ0) is 14.0. The largest absolute Gasteiger partial charge is 0.496 e. The van der Waals surface area contributed by atoms with Crippen LogP contribution in [-0.4, -0.2) is 31.6 Å². The summed E-state index contributed by atoms with van der Waals surface area (Å²) in [4.78, 5) is 11.0. The molecule has 2 unspecified atom stereocenters. The van der Waals surface area contributed by atoms with Crippen LogP contribution in [0.2, 0.25) is 0 Å². The molecule has 1 heterocycles. The van der Waals surface area contributed by atoms with E-state index in [1.54, 1.807) is 12.1 Å². The molecule has 0 spiro atoms. The van der Waals surface area contributed by atoms with Gasteiger partial charge in [-0.15, -0.1) is 0 Å². The minimum Gasteiger partial charge on any atom is -0.496 e. The van der Waals surface area contributed by atoms with E-state index in [0.29, 0.717) is 29.0 Å². The van der Waals surface area contributed by atoms with Gasteiger partial charge in [0.15, 0.2) is 6.29 Å². The van der Waals surface area contributed by atoms with Crippen molar-refractivity contribution in [3.05, 3.63) is 23.3 Å². The summed E-state index contributed by atoms with van der Waals surface area (Å²) < 4.78 is 20.7. The fourth-order valence-electron chi connectivity index (χ4n) is 2.15. The normalized spacial score (nSPS) is 21.5. The second kappa shape index (κ2) is 5.46. The van der Waals surface area contributed by atoms with E-state index < -0.39 is 18.5 Å². The van der Waals surface area contributed by atoms with Crippen molar-refractivity contribution in [1.29, 1.82) is 0 Å². The van der Waals surface area contributed by atoms with Gasteiger partial charge in [-0.1, -0.05) is 0 Å². The summed E-state index contributed by atoms with van der Waals surface area (Å²) in [5.41, 5.74) is 1.22. The Morgan fingerprint density at radius 3 is 2.53 bits per heavy atom. The lowest BCUT2D eigenvalue weighted by molar-refractivity contribution is -0.235. The number of ether oxygens (including phenoxy) is 4. The summed E-state index contributed by atoms with van der Waals surface area (Å²) in [7, 11) is 3.04. The van der Waals surface area contributed by atoms with E-state index in [1.165, 1.54) is 21.1 Å². The first kappa shape index (κ1) is 13.6. The van der Waals surface area contributed by atoms with Gasteiger partial charge in [0, 0.05) is 18.9 Å². The monoisotopic (exact) mass is 268 g/mol. The van der Waals surface area contributed by atoms with Gasteiger partial charge in [0.25, 0.3) is 0 Å². The number of rotatable bonds is 3. The molecule has 19 heavy (non-hydrogen) atoms. The van der Waals surface area contributed by atoms with E-state index in [-0.39, 0.29) is 0 Å². The van der Waals surface area contributed by atoms with Crippen LogP contribution in [0.25, 0.3) is 0 Å². The van der Waals surface area contributed by atoms with Crippen molar-refractivity contribution in [2.45, 2.75) is 25.9 Å². The fraction of sp³-hybridized carbons (Fsp3) is 0.462. The molecular weight excluding hydrogens is 252 g/mol. The molecule has 1 aliphatic heterocycles. The number of fused-ring (bicyclic) bond motifs is 1. The maximum atomic E-state index is 11.0. The van der Waals surface area contributed by atoms with Crippen LogP contribution in [0.5, 0.6) is 11.5 Å². The smallest absolute Gasteiger partial charge is 0.304 e. The lowest BCUT2D eigenvalue weighted by Gasteiger charge is -2.30. The summed E-state index contributed by atoms with van der Waals surface area (Å²) in [6, 6.07) is 3.43. The van der Waals surface area contributed by atoms with Crippen molar-refractivity contribution < 1.29 is 28.8 Å². The van der Waals surface area contributed by atoms with Crippen molar-refractivity contribution in [2.75, 3.05) is 14.2 Å². The third-order valence-electron chi connectivity index (χ3n) is 2.91. The van der Waals surface area contributed by atoms with Gasteiger partial charge in [0.2, 0.25) is 6.29 Å². The summed E-state index contributed by atoms with van der Waals surface area (Å²) >= 11 is 0. The number of carbonyl (C=O) groups excluding carboxylic acids is 1.